The van der Waals surface area contributed by atoms with Crippen LogP contribution in [0.3, 0.4) is 0 Å². The van der Waals surface area contributed by atoms with E-state index in [1.807, 2.05) is 24.3 Å². The van der Waals surface area contributed by atoms with Crippen LogP contribution in [-0.4, -0.2) is 19.0 Å². The van der Waals surface area contributed by atoms with Crippen molar-refractivity contribution in [3.8, 4) is 17.2 Å². The summed E-state index contributed by atoms with van der Waals surface area (Å²) in [5, 5.41) is 11.7. The molecule has 1 aliphatic carbocycles. The van der Waals surface area contributed by atoms with Crippen LogP contribution in [0.5, 0.6) is 0 Å². The number of rotatable bonds is 3. The van der Waals surface area contributed by atoms with E-state index in [0.717, 1.165) is 29.2 Å². The highest BCUT2D eigenvalue weighted by atomic mass is 32.2. The van der Waals surface area contributed by atoms with Crippen molar-refractivity contribution in [1.29, 1.82) is 5.26 Å². The first kappa shape index (κ1) is 15.3. The molecule has 1 unspecified atom stereocenters. The molecule has 2 aromatic carbocycles. The van der Waals surface area contributed by atoms with E-state index in [0.29, 0.717) is 0 Å². The number of hydrogen-bond donors (Lipinski definition) is 0. The van der Waals surface area contributed by atoms with E-state index in [2.05, 4.69) is 52.2 Å². The Bertz CT molecular complexity index is 861. The zero-order valence-corrected chi connectivity index (χ0v) is 14.9. The third-order valence-electron chi connectivity index (χ3n) is 4.78. The molecule has 3 nitrogen and oxygen atoms in total. The maximum atomic E-state index is 9.38. The fraction of sp³-hybridized carbons (Fsp3) is 0.300. The van der Waals surface area contributed by atoms with Crippen molar-refractivity contribution in [2.45, 2.75) is 19.8 Å². The summed E-state index contributed by atoms with van der Waals surface area (Å²) in [5.41, 5.74) is 5.45. The van der Waals surface area contributed by atoms with E-state index in [-0.39, 0.29) is 10.9 Å². The van der Waals surface area contributed by atoms with Gasteiger partial charge in [-0.3, -0.25) is 0 Å². The summed E-state index contributed by atoms with van der Waals surface area (Å²) in [4.78, 5) is 0. The molecule has 1 heterocycles. The Hall–Kier alpha value is -2.25. The average molecular weight is 335 g/mol. The zero-order valence-electron chi connectivity index (χ0n) is 14.1. The van der Waals surface area contributed by atoms with Crippen LogP contribution in [0.2, 0.25) is 0 Å². The van der Waals surface area contributed by atoms with Gasteiger partial charge in [-0.05, 0) is 71.2 Å². The predicted octanol–water partition coefficient (Wildman–Crippen LogP) is 4.81. The predicted molar refractivity (Wildman–Crippen MR) is 104 cm³/mol. The van der Waals surface area contributed by atoms with E-state index < -0.39 is 0 Å². The monoisotopic (exact) mass is 335 g/mol. The van der Waals surface area contributed by atoms with E-state index in [4.69, 9.17) is 0 Å². The summed E-state index contributed by atoms with van der Waals surface area (Å²) in [7, 11) is 2.19. The molecule has 0 spiro atoms. The number of hydrogen-bond acceptors (Lipinski definition) is 3. The zero-order chi connectivity index (χ0) is 16.7. The van der Waals surface area contributed by atoms with Gasteiger partial charge in [0, 0.05) is 13.6 Å². The van der Waals surface area contributed by atoms with E-state index >= 15 is 0 Å². The normalized spacial score (nSPS) is 19.5. The molecule has 1 fully saturated rings. The molecule has 2 aliphatic rings. The summed E-state index contributed by atoms with van der Waals surface area (Å²) in [6, 6.07) is 16.8. The molecule has 1 atom stereocenters. The van der Waals surface area contributed by atoms with Gasteiger partial charge in [-0.2, -0.15) is 5.26 Å². The van der Waals surface area contributed by atoms with Crippen LogP contribution in [0.1, 0.15) is 25.3 Å². The number of anilines is 2. The van der Waals surface area contributed by atoms with Gasteiger partial charge in [0.1, 0.15) is 0 Å². The lowest BCUT2D eigenvalue weighted by Gasteiger charge is -2.23. The Kier molecular flexibility index (Phi) is 3.82. The molecular formula is C20H21N3S. The van der Waals surface area contributed by atoms with Gasteiger partial charge >= 0.3 is 0 Å². The smallest absolute Gasteiger partial charge is 0.0998 e. The summed E-state index contributed by atoms with van der Waals surface area (Å²) >= 11 is 0. The highest BCUT2D eigenvalue weighted by Gasteiger charge is 2.33. The molecule has 0 radical (unpaired) electrons. The summed E-state index contributed by atoms with van der Waals surface area (Å²) < 4.78 is 4.92. The summed E-state index contributed by atoms with van der Waals surface area (Å²) in [6.07, 6.45) is 2.73. The first-order valence-electron chi connectivity index (χ1n) is 8.40. The molecule has 1 saturated carbocycles. The van der Waals surface area contributed by atoms with Crippen LogP contribution >= 0.6 is 10.9 Å². The Labute approximate surface area is 146 Å². The maximum Gasteiger partial charge on any atom is 0.0998 e. The van der Waals surface area contributed by atoms with Crippen molar-refractivity contribution in [2.24, 2.45) is 5.92 Å². The van der Waals surface area contributed by atoms with Crippen LogP contribution in [0.4, 0.5) is 11.4 Å². The average Bonchev–Trinajstić information content (AvgIpc) is 3.40. The molecule has 4 rings (SSSR count). The molecule has 1 aliphatic heterocycles. The van der Waals surface area contributed by atoms with Gasteiger partial charge < -0.3 is 8.61 Å². The van der Waals surface area contributed by atoms with Gasteiger partial charge in [-0.1, -0.05) is 24.3 Å². The first-order valence-corrected chi connectivity index (χ1v) is 9.60. The molecule has 0 N–H and O–H groups in total. The molecule has 0 amide bonds. The van der Waals surface area contributed by atoms with Gasteiger partial charge in [0.25, 0.3) is 0 Å². The third kappa shape index (κ3) is 2.50. The van der Waals surface area contributed by atoms with Crippen molar-refractivity contribution < 1.29 is 0 Å². The third-order valence-corrected chi connectivity index (χ3v) is 6.76. The summed E-state index contributed by atoms with van der Waals surface area (Å²) in [6.45, 7) is 3.30. The number of benzene rings is 2. The Morgan fingerprint density at radius 1 is 1.21 bits per heavy atom. The highest BCUT2D eigenvalue weighted by Crippen LogP contribution is 2.50. The number of nitriles is 1. The molecule has 4 heteroatoms. The van der Waals surface area contributed by atoms with Crippen LogP contribution in [0.25, 0.3) is 11.1 Å². The van der Waals surface area contributed by atoms with Crippen molar-refractivity contribution in [2.75, 3.05) is 22.2 Å². The Balaban J connectivity index is 1.79. The second-order valence-corrected chi connectivity index (χ2v) is 8.44. The molecule has 2 aromatic rings. The lowest BCUT2D eigenvalue weighted by atomic mass is 9.99. The van der Waals surface area contributed by atoms with Crippen LogP contribution in [0, 0.1) is 17.2 Å². The fourth-order valence-corrected chi connectivity index (χ4v) is 5.26. The van der Waals surface area contributed by atoms with Crippen LogP contribution < -0.4 is 8.61 Å². The SMILES string of the molecule is CC=S1N(C)c2cc(-c3ccccc3C#N)ccc2N1CC1CC1. The Morgan fingerprint density at radius 2 is 2.00 bits per heavy atom. The van der Waals surface area contributed by atoms with Gasteiger partial charge in [0.05, 0.1) is 23.0 Å². The lowest BCUT2D eigenvalue weighted by molar-refractivity contribution is 0.852. The van der Waals surface area contributed by atoms with Gasteiger partial charge in [-0.25, -0.2) is 0 Å². The Morgan fingerprint density at radius 3 is 2.71 bits per heavy atom. The van der Waals surface area contributed by atoms with E-state index in [1.165, 1.54) is 24.2 Å². The summed E-state index contributed by atoms with van der Waals surface area (Å²) in [5.74, 6) is 0.860. The minimum Gasteiger partial charge on any atom is -0.307 e. The van der Waals surface area contributed by atoms with Crippen LogP contribution in [0.15, 0.2) is 42.5 Å². The van der Waals surface area contributed by atoms with E-state index in [1.54, 1.807) is 0 Å². The lowest BCUT2D eigenvalue weighted by Crippen LogP contribution is -2.20. The largest absolute Gasteiger partial charge is 0.307 e. The minimum absolute atomic E-state index is 0.0110. The van der Waals surface area contributed by atoms with Crippen molar-refractivity contribution in [3.63, 3.8) is 0 Å². The minimum atomic E-state index is 0.0110. The van der Waals surface area contributed by atoms with Gasteiger partial charge in [-0.15, -0.1) is 0 Å². The highest BCUT2D eigenvalue weighted by molar-refractivity contribution is 8.17. The first-order chi connectivity index (χ1) is 11.7. The molecule has 24 heavy (non-hydrogen) atoms. The molecule has 122 valence electrons. The maximum absolute atomic E-state index is 9.38. The van der Waals surface area contributed by atoms with Gasteiger partial charge in [0.15, 0.2) is 0 Å². The molecule has 0 aromatic heterocycles. The van der Waals surface area contributed by atoms with Gasteiger partial charge in [0.2, 0.25) is 0 Å². The topological polar surface area (TPSA) is 30.3 Å². The van der Waals surface area contributed by atoms with Crippen molar-refractivity contribution in [1.82, 2.24) is 0 Å². The molecule has 0 bridgehead atoms. The van der Waals surface area contributed by atoms with E-state index in [9.17, 15) is 5.26 Å². The molecule has 0 saturated heterocycles. The fourth-order valence-electron chi connectivity index (χ4n) is 3.33. The van der Waals surface area contributed by atoms with Crippen molar-refractivity contribution in [3.05, 3.63) is 48.0 Å². The standard InChI is InChI=1S/C20H21N3S/c1-3-24-22(2)20-12-16(18-7-5-4-6-17(18)13-21)10-11-19(20)23(24)14-15-8-9-15/h3-7,10-12,15H,8-9,14H2,1-2H3. The second-order valence-electron chi connectivity index (χ2n) is 6.39. The second kappa shape index (κ2) is 5.99. The quantitative estimate of drug-likeness (QED) is 0.754. The molecular weight excluding hydrogens is 314 g/mol. The van der Waals surface area contributed by atoms with Crippen molar-refractivity contribution >= 4 is 27.6 Å². The number of nitrogens with zero attached hydrogens (tertiary/aromatic N) is 3. The van der Waals surface area contributed by atoms with Crippen LogP contribution in [-0.2, 0) is 0 Å². The number of fused-ring (bicyclic) bond motifs is 1.